The van der Waals surface area contributed by atoms with E-state index in [1.54, 1.807) is 11.3 Å². The number of rotatable bonds is 4. The van der Waals surface area contributed by atoms with Crippen LogP contribution in [0.3, 0.4) is 0 Å². The van der Waals surface area contributed by atoms with Gasteiger partial charge in [-0.15, -0.1) is 11.3 Å². The van der Waals surface area contributed by atoms with E-state index in [0.29, 0.717) is 0 Å². The summed E-state index contributed by atoms with van der Waals surface area (Å²) >= 11 is 1.75. The molecule has 0 unspecified atom stereocenters. The summed E-state index contributed by atoms with van der Waals surface area (Å²) in [6, 6.07) is 4.08. The summed E-state index contributed by atoms with van der Waals surface area (Å²) in [5.41, 5.74) is 2.40. The molecule has 2 heterocycles. The maximum absolute atomic E-state index is 4.58. The Hall–Kier alpha value is -1.26. The van der Waals surface area contributed by atoms with Gasteiger partial charge in [0.15, 0.2) is 0 Å². The molecule has 0 radical (unpaired) electrons. The van der Waals surface area contributed by atoms with Crippen molar-refractivity contribution in [2.45, 2.75) is 13.3 Å². The first-order valence-corrected chi connectivity index (χ1v) is 6.14. The van der Waals surface area contributed by atoms with Crippen LogP contribution in [0.2, 0.25) is 0 Å². The van der Waals surface area contributed by atoms with Gasteiger partial charge in [-0.1, -0.05) is 0 Å². The molecule has 0 spiro atoms. The average Bonchev–Trinajstić information content (AvgIpc) is 2.69. The van der Waals surface area contributed by atoms with Gasteiger partial charge in [-0.05, 0) is 31.7 Å². The van der Waals surface area contributed by atoms with Gasteiger partial charge >= 0.3 is 0 Å². The van der Waals surface area contributed by atoms with Gasteiger partial charge in [0.1, 0.15) is 0 Å². The third kappa shape index (κ3) is 2.46. The molecule has 0 aliphatic carbocycles. The van der Waals surface area contributed by atoms with Gasteiger partial charge in [0.05, 0.1) is 15.6 Å². The molecule has 0 aliphatic rings. The molecule has 84 valence electrons. The van der Waals surface area contributed by atoms with E-state index < -0.39 is 0 Å². The number of likely N-dealkylation sites (N-methyl/N-ethyl adjacent to an activating group) is 1. The van der Waals surface area contributed by atoms with Crippen molar-refractivity contribution < 1.29 is 0 Å². The van der Waals surface area contributed by atoms with Crippen molar-refractivity contribution in [3.63, 3.8) is 0 Å². The first-order valence-electron chi connectivity index (χ1n) is 5.32. The highest BCUT2D eigenvalue weighted by molar-refractivity contribution is 7.15. The summed E-state index contributed by atoms with van der Waals surface area (Å²) in [4.78, 5) is 9.90. The maximum atomic E-state index is 4.58. The molecule has 0 fully saturated rings. The van der Waals surface area contributed by atoms with Crippen molar-refractivity contribution in [3.05, 3.63) is 35.2 Å². The normalized spacial score (nSPS) is 10.6. The summed E-state index contributed by atoms with van der Waals surface area (Å²) in [7, 11) is 1.96. The minimum atomic E-state index is 0.960. The second kappa shape index (κ2) is 5.18. The Morgan fingerprint density at radius 1 is 1.31 bits per heavy atom. The third-order valence-corrected chi connectivity index (χ3v) is 3.42. The van der Waals surface area contributed by atoms with E-state index in [2.05, 4.69) is 22.2 Å². The zero-order chi connectivity index (χ0) is 11.4. The van der Waals surface area contributed by atoms with Gasteiger partial charge in [0.2, 0.25) is 0 Å². The number of hydrogen-bond donors (Lipinski definition) is 1. The molecule has 0 aromatic carbocycles. The molecule has 2 rings (SSSR count). The molecule has 2 aromatic rings. The molecular weight excluding hydrogens is 218 g/mol. The Morgan fingerprint density at radius 2 is 2.06 bits per heavy atom. The van der Waals surface area contributed by atoms with E-state index in [1.165, 1.54) is 16.1 Å². The van der Waals surface area contributed by atoms with Crippen molar-refractivity contribution in [2.24, 2.45) is 0 Å². The molecule has 1 N–H and O–H groups in total. The molecule has 3 nitrogen and oxygen atoms in total. The molecule has 0 aliphatic heterocycles. The van der Waals surface area contributed by atoms with Crippen molar-refractivity contribution in [1.82, 2.24) is 15.3 Å². The molecule has 2 aromatic heterocycles. The quantitative estimate of drug-likeness (QED) is 0.880. The highest BCUT2D eigenvalue weighted by Crippen LogP contribution is 2.29. The fraction of sp³-hybridized carbons (Fsp3) is 0.333. The molecular formula is C12H15N3S. The maximum Gasteiger partial charge on any atom is 0.0903 e. The summed E-state index contributed by atoms with van der Waals surface area (Å²) in [5.74, 6) is 0. The predicted octanol–water partition coefficient (Wildman–Crippen LogP) is 2.28. The minimum absolute atomic E-state index is 0.960. The van der Waals surface area contributed by atoms with Crippen molar-refractivity contribution >= 4 is 11.3 Å². The van der Waals surface area contributed by atoms with Crippen molar-refractivity contribution in [3.8, 4) is 10.4 Å². The van der Waals surface area contributed by atoms with E-state index in [9.17, 15) is 0 Å². The Balaban J connectivity index is 2.33. The van der Waals surface area contributed by atoms with Crippen LogP contribution in [0.5, 0.6) is 0 Å². The number of nitrogens with one attached hydrogen (secondary N) is 1. The van der Waals surface area contributed by atoms with Gasteiger partial charge in [0, 0.05) is 25.4 Å². The van der Waals surface area contributed by atoms with Crippen molar-refractivity contribution in [1.29, 1.82) is 0 Å². The molecule has 0 saturated carbocycles. The largest absolute Gasteiger partial charge is 0.319 e. The van der Waals surface area contributed by atoms with Crippen LogP contribution < -0.4 is 5.32 Å². The number of aromatic nitrogens is 2. The molecule has 0 amide bonds. The summed E-state index contributed by atoms with van der Waals surface area (Å²) in [6.45, 7) is 3.01. The lowest BCUT2D eigenvalue weighted by atomic mass is 10.1. The Bertz CT molecular complexity index is 451. The highest BCUT2D eigenvalue weighted by Gasteiger charge is 2.10. The van der Waals surface area contributed by atoms with Crippen LogP contribution >= 0.6 is 11.3 Å². The van der Waals surface area contributed by atoms with Crippen LogP contribution in [0.4, 0.5) is 0 Å². The smallest absolute Gasteiger partial charge is 0.0903 e. The molecule has 4 heteroatoms. The highest BCUT2D eigenvalue weighted by atomic mass is 32.1. The lowest BCUT2D eigenvalue weighted by Crippen LogP contribution is -2.10. The van der Waals surface area contributed by atoms with Gasteiger partial charge in [-0.25, -0.2) is 4.98 Å². The minimum Gasteiger partial charge on any atom is -0.319 e. The van der Waals surface area contributed by atoms with E-state index in [0.717, 1.165) is 18.0 Å². The number of aryl methyl sites for hydroxylation is 1. The van der Waals surface area contributed by atoms with Crippen LogP contribution in [-0.2, 0) is 6.42 Å². The van der Waals surface area contributed by atoms with E-state index in [-0.39, 0.29) is 0 Å². The van der Waals surface area contributed by atoms with Gasteiger partial charge in [0.25, 0.3) is 0 Å². The topological polar surface area (TPSA) is 37.8 Å². The predicted molar refractivity (Wildman–Crippen MR) is 67.7 cm³/mol. The van der Waals surface area contributed by atoms with Crippen LogP contribution in [0, 0.1) is 6.92 Å². The Morgan fingerprint density at radius 3 is 2.75 bits per heavy atom. The lowest BCUT2D eigenvalue weighted by molar-refractivity contribution is 0.779. The number of thiazole rings is 1. The standard InChI is InChI=1S/C12H15N3S/c1-9-15-11(5-6-13-2)12(16-9)10-3-7-14-8-4-10/h3-4,7-8,13H,5-6H2,1-2H3. The van der Waals surface area contributed by atoms with E-state index in [1.807, 2.05) is 31.6 Å². The third-order valence-electron chi connectivity index (χ3n) is 2.36. The first-order chi connectivity index (χ1) is 7.81. The summed E-state index contributed by atoms with van der Waals surface area (Å²) in [6.07, 6.45) is 4.62. The van der Waals surface area contributed by atoms with Crippen LogP contribution in [0.1, 0.15) is 10.7 Å². The van der Waals surface area contributed by atoms with Crippen LogP contribution in [-0.4, -0.2) is 23.6 Å². The number of hydrogen-bond acceptors (Lipinski definition) is 4. The molecule has 0 bridgehead atoms. The molecule has 0 saturated heterocycles. The van der Waals surface area contributed by atoms with Gasteiger partial charge < -0.3 is 5.32 Å². The zero-order valence-corrected chi connectivity index (χ0v) is 10.3. The van der Waals surface area contributed by atoms with Gasteiger partial charge in [-0.2, -0.15) is 0 Å². The van der Waals surface area contributed by atoms with E-state index in [4.69, 9.17) is 0 Å². The Labute approximate surface area is 99.6 Å². The summed E-state index contributed by atoms with van der Waals surface area (Å²) < 4.78 is 0. The molecule has 16 heavy (non-hydrogen) atoms. The number of pyridine rings is 1. The van der Waals surface area contributed by atoms with Crippen LogP contribution in [0.25, 0.3) is 10.4 Å². The average molecular weight is 233 g/mol. The van der Waals surface area contributed by atoms with E-state index >= 15 is 0 Å². The lowest BCUT2D eigenvalue weighted by Gasteiger charge is -2.01. The van der Waals surface area contributed by atoms with Crippen molar-refractivity contribution in [2.75, 3.05) is 13.6 Å². The second-order valence-corrected chi connectivity index (χ2v) is 4.80. The Kier molecular flexibility index (Phi) is 3.64. The zero-order valence-electron chi connectivity index (χ0n) is 9.53. The second-order valence-electron chi connectivity index (χ2n) is 3.60. The number of nitrogens with zero attached hydrogens (tertiary/aromatic N) is 2. The fourth-order valence-corrected chi connectivity index (χ4v) is 2.58. The van der Waals surface area contributed by atoms with Gasteiger partial charge in [-0.3, -0.25) is 4.98 Å². The summed E-state index contributed by atoms with van der Waals surface area (Å²) in [5, 5.41) is 4.28. The monoisotopic (exact) mass is 233 g/mol. The van der Waals surface area contributed by atoms with Crippen LogP contribution in [0.15, 0.2) is 24.5 Å². The SMILES string of the molecule is CNCCc1nc(C)sc1-c1ccncc1. The first kappa shape index (κ1) is 11.2. The molecule has 0 atom stereocenters. The fourth-order valence-electron chi connectivity index (χ4n) is 1.61.